The highest BCUT2D eigenvalue weighted by Gasteiger charge is 2.47. The number of aryl methyl sites for hydroxylation is 2. The zero-order chi connectivity index (χ0) is 33.4. The maximum atomic E-state index is 10.6. The Morgan fingerprint density at radius 1 is 0.860 bits per heavy atom. The molecule has 0 saturated carbocycles. The molecule has 0 atom stereocenters. The lowest BCUT2D eigenvalue weighted by molar-refractivity contribution is -0.193. The van der Waals surface area contributed by atoms with Crippen molar-refractivity contribution in [2.45, 2.75) is 45.0 Å². The fourth-order valence-electron chi connectivity index (χ4n) is 3.96. The first-order chi connectivity index (χ1) is 19.4. The maximum absolute atomic E-state index is 10.6. The Bertz CT molecular complexity index is 1170. The third-order valence-corrected chi connectivity index (χ3v) is 6.40. The Kier molecular flexibility index (Phi) is 12.9. The van der Waals surface area contributed by atoms with Crippen LogP contribution in [0.5, 0.6) is 0 Å². The van der Waals surface area contributed by atoms with E-state index in [1.54, 1.807) is 11.3 Å². The zero-order valence-electron chi connectivity index (χ0n) is 22.3. The van der Waals surface area contributed by atoms with Gasteiger partial charge in [-0.25, -0.2) is 19.4 Å². The molecule has 0 aromatic carbocycles. The average molecular weight is 660 g/mol. The second-order valence-corrected chi connectivity index (χ2v) is 10.5. The number of carboxylic acid groups (broad SMARTS) is 3. The predicted octanol–water partition coefficient (Wildman–Crippen LogP) is 3.79. The minimum Gasteiger partial charge on any atom is -0.475 e. The van der Waals surface area contributed by atoms with Crippen LogP contribution in [0.1, 0.15) is 22.7 Å². The quantitative estimate of drug-likeness (QED) is 0.414. The summed E-state index contributed by atoms with van der Waals surface area (Å²) in [5.41, 5.74) is 3.10. The molecule has 0 amide bonds. The number of rotatable bonds is 4. The van der Waals surface area contributed by atoms with Crippen molar-refractivity contribution in [2.24, 2.45) is 12.5 Å². The Morgan fingerprint density at radius 3 is 1.65 bits per heavy atom. The van der Waals surface area contributed by atoms with Gasteiger partial charge in [-0.05, 0) is 19.9 Å². The van der Waals surface area contributed by atoms with Crippen LogP contribution in [0.3, 0.4) is 0 Å². The largest absolute Gasteiger partial charge is 0.490 e. The lowest BCUT2D eigenvalue weighted by atomic mass is 9.79. The molecule has 2 aromatic rings. The van der Waals surface area contributed by atoms with Gasteiger partial charge in [0.05, 0.1) is 16.9 Å². The van der Waals surface area contributed by atoms with E-state index in [-0.39, 0.29) is 0 Å². The molecule has 4 rings (SSSR count). The second-order valence-electron chi connectivity index (χ2n) is 9.39. The second kappa shape index (κ2) is 14.8. The molecule has 0 unspecified atom stereocenters. The number of thiazole rings is 1. The van der Waals surface area contributed by atoms with E-state index in [4.69, 9.17) is 29.7 Å². The van der Waals surface area contributed by atoms with Crippen LogP contribution in [0, 0.1) is 12.3 Å². The average Bonchev–Trinajstić information content (AvgIpc) is 3.54. The summed E-state index contributed by atoms with van der Waals surface area (Å²) in [6.45, 7) is 9.06. The van der Waals surface area contributed by atoms with Gasteiger partial charge in [0.1, 0.15) is 0 Å². The van der Waals surface area contributed by atoms with Crippen molar-refractivity contribution in [1.82, 2.24) is 24.6 Å². The van der Waals surface area contributed by atoms with Gasteiger partial charge in [0.2, 0.25) is 0 Å². The molecule has 0 aliphatic carbocycles. The molecule has 2 saturated heterocycles. The number of likely N-dealkylation sites (tertiary alicyclic amines) is 2. The Balaban J connectivity index is 0.000000363. The highest BCUT2D eigenvalue weighted by atomic mass is 32.1. The standard InChI is InChI=1S/C16H23N5S.3C2HF3O2/c1-13-18-15(9-22-13)8-20-4-3-16(10-20)11-21(12-16)7-14-5-17-19(2)6-14;3*3-2(4,5)1(6)7/h5-6,9H,3-4,7-8,10-12H2,1-2H3;3*(H,6,7). The molecule has 1 spiro atoms. The van der Waals surface area contributed by atoms with Crippen molar-refractivity contribution in [3.63, 3.8) is 0 Å². The van der Waals surface area contributed by atoms with Crippen molar-refractivity contribution in [3.05, 3.63) is 34.0 Å². The fraction of sp³-hybridized carbons (Fsp3) is 0.591. The minimum absolute atomic E-state index is 0.535. The predicted molar refractivity (Wildman–Crippen MR) is 129 cm³/mol. The summed E-state index contributed by atoms with van der Waals surface area (Å²) in [7, 11) is 1.98. The van der Waals surface area contributed by atoms with Crippen LogP contribution in [-0.2, 0) is 34.5 Å². The molecule has 0 bridgehead atoms. The fourth-order valence-corrected chi connectivity index (χ4v) is 4.56. The van der Waals surface area contributed by atoms with Gasteiger partial charge in [-0.15, -0.1) is 11.3 Å². The summed E-state index contributed by atoms with van der Waals surface area (Å²) in [5.74, 6) is -8.27. The van der Waals surface area contributed by atoms with Crippen molar-refractivity contribution in [2.75, 3.05) is 26.2 Å². The van der Waals surface area contributed by atoms with Gasteiger partial charge in [0.25, 0.3) is 0 Å². The highest BCUT2D eigenvalue weighted by molar-refractivity contribution is 7.09. The van der Waals surface area contributed by atoms with Crippen LogP contribution in [0.4, 0.5) is 39.5 Å². The smallest absolute Gasteiger partial charge is 0.475 e. The van der Waals surface area contributed by atoms with Gasteiger partial charge in [-0.1, -0.05) is 0 Å². The topological polar surface area (TPSA) is 149 Å². The van der Waals surface area contributed by atoms with Crippen molar-refractivity contribution < 1.29 is 69.2 Å². The summed E-state index contributed by atoms with van der Waals surface area (Å²) in [6.07, 6.45) is -9.81. The molecule has 2 aromatic heterocycles. The number of hydrogen-bond donors (Lipinski definition) is 3. The summed E-state index contributed by atoms with van der Waals surface area (Å²) in [5, 5.41) is 29.0. The molecule has 2 aliphatic rings. The van der Waals surface area contributed by atoms with E-state index < -0.39 is 36.4 Å². The van der Waals surface area contributed by atoms with Crippen LogP contribution in [0.25, 0.3) is 0 Å². The first-order valence-corrected chi connectivity index (χ1v) is 12.5. The summed E-state index contributed by atoms with van der Waals surface area (Å²) in [4.78, 5) is 36.4. The van der Waals surface area contributed by atoms with Crippen LogP contribution in [-0.4, -0.2) is 102 Å². The van der Waals surface area contributed by atoms with E-state index in [1.165, 1.54) is 48.9 Å². The molecular formula is C22H26F9N5O6S. The minimum atomic E-state index is -5.08. The van der Waals surface area contributed by atoms with E-state index in [2.05, 4.69) is 38.4 Å². The molecule has 244 valence electrons. The van der Waals surface area contributed by atoms with Gasteiger partial charge in [-0.2, -0.15) is 44.6 Å². The SMILES string of the molecule is Cc1nc(CN2CCC3(C2)CN(Cc2cnn(C)c2)C3)cs1.O=C(O)C(F)(F)F.O=C(O)C(F)(F)F.O=C(O)C(F)(F)F. The van der Waals surface area contributed by atoms with Crippen LogP contribution < -0.4 is 0 Å². The maximum Gasteiger partial charge on any atom is 0.490 e. The number of carboxylic acids is 3. The van der Waals surface area contributed by atoms with Crippen LogP contribution >= 0.6 is 11.3 Å². The zero-order valence-corrected chi connectivity index (χ0v) is 23.1. The lowest BCUT2D eigenvalue weighted by Gasteiger charge is -2.48. The van der Waals surface area contributed by atoms with Gasteiger partial charge < -0.3 is 15.3 Å². The third-order valence-electron chi connectivity index (χ3n) is 5.58. The molecule has 43 heavy (non-hydrogen) atoms. The Labute approximate surface area is 241 Å². The van der Waals surface area contributed by atoms with E-state index in [1.807, 2.05) is 17.9 Å². The van der Waals surface area contributed by atoms with Crippen molar-refractivity contribution >= 4 is 29.2 Å². The molecule has 21 heteroatoms. The van der Waals surface area contributed by atoms with Gasteiger partial charge in [0.15, 0.2) is 0 Å². The molecule has 3 N–H and O–H groups in total. The molecule has 0 radical (unpaired) electrons. The Hall–Kier alpha value is -3.46. The first-order valence-electron chi connectivity index (χ1n) is 11.7. The molecule has 11 nitrogen and oxygen atoms in total. The van der Waals surface area contributed by atoms with Crippen molar-refractivity contribution in [1.29, 1.82) is 0 Å². The molecule has 2 fully saturated rings. The van der Waals surface area contributed by atoms with Gasteiger partial charge in [0, 0.05) is 62.3 Å². The van der Waals surface area contributed by atoms with Gasteiger partial charge in [-0.3, -0.25) is 14.5 Å². The number of aromatic nitrogens is 3. The number of carbonyl (C=O) groups is 3. The molecule has 2 aliphatic heterocycles. The van der Waals surface area contributed by atoms with E-state index in [0.717, 1.165) is 13.1 Å². The molecular weight excluding hydrogens is 633 g/mol. The third kappa shape index (κ3) is 13.6. The van der Waals surface area contributed by atoms with Crippen LogP contribution in [0.2, 0.25) is 0 Å². The highest BCUT2D eigenvalue weighted by Crippen LogP contribution is 2.40. The number of halogens is 9. The summed E-state index contributed by atoms with van der Waals surface area (Å²) in [6, 6.07) is 0. The van der Waals surface area contributed by atoms with Crippen molar-refractivity contribution in [3.8, 4) is 0 Å². The lowest BCUT2D eigenvalue weighted by Crippen LogP contribution is -2.56. The number of alkyl halides is 9. The summed E-state index contributed by atoms with van der Waals surface area (Å²) < 4.78 is 97.1. The number of hydrogen-bond acceptors (Lipinski definition) is 8. The molecule has 4 heterocycles. The number of nitrogens with zero attached hydrogens (tertiary/aromatic N) is 5. The summed E-state index contributed by atoms with van der Waals surface area (Å²) >= 11 is 1.76. The van der Waals surface area contributed by atoms with E-state index in [9.17, 15) is 39.5 Å². The number of aliphatic carboxylic acids is 3. The Morgan fingerprint density at radius 2 is 1.30 bits per heavy atom. The monoisotopic (exact) mass is 659 g/mol. The first kappa shape index (κ1) is 37.6. The van der Waals surface area contributed by atoms with Crippen LogP contribution in [0.15, 0.2) is 17.8 Å². The van der Waals surface area contributed by atoms with E-state index >= 15 is 0 Å². The van der Waals surface area contributed by atoms with Gasteiger partial charge >= 0.3 is 36.4 Å². The normalized spacial score (nSPS) is 16.5. The van der Waals surface area contributed by atoms with E-state index in [0.29, 0.717) is 5.41 Å².